The van der Waals surface area contributed by atoms with Gasteiger partial charge in [0.15, 0.2) is 5.03 Å². The van der Waals surface area contributed by atoms with Gasteiger partial charge in [0, 0.05) is 54.6 Å². The number of nitrogens with one attached hydrogen (secondary N) is 1. The number of allylic oxidation sites excluding steroid dienone is 2. The lowest BCUT2D eigenvalue weighted by Gasteiger charge is -2.24. The van der Waals surface area contributed by atoms with Gasteiger partial charge < -0.3 is 9.13 Å². The minimum absolute atomic E-state index is 0.181. The third kappa shape index (κ3) is 4.30. The van der Waals surface area contributed by atoms with Crippen LogP contribution in [0.5, 0.6) is 0 Å². The van der Waals surface area contributed by atoms with Gasteiger partial charge in [-0.2, -0.15) is 8.42 Å². The number of imidazole rings is 1. The van der Waals surface area contributed by atoms with E-state index in [4.69, 9.17) is 0 Å². The highest BCUT2D eigenvalue weighted by Gasteiger charge is 2.30. The summed E-state index contributed by atoms with van der Waals surface area (Å²) in [5.74, 6) is -0.194. The third-order valence-electron chi connectivity index (χ3n) is 7.48. The first-order valence-corrected chi connectivity index (χ1v) is 14.2. The molecule has 0 spiro atoms. The molecular formula is C27H33N5O3S. The Hall–Kier alpha value is -3.20. The second kappa shape index (κ2) is 9.69. The largest absolute Gasteiger partial charge is 0.340 e. The first-order chi connectivity index (χ1) is 17.3. The van der Waals surface area contributed by atoms with Gasteiger partial charge in [0.1, 0.15) is 0 Å². The summed E-state index contributed by atoms with van der Waals surface area (Å²) in [7, 11) is -0.520. The van der Waals surface area contributed by atoms with Gasteiger partial charge in [0.25, 0.3) is 15.9 Å². The highest BCUT2D eigenvalue weighted by atomic mass is 32.2. The molecule has 0 saturated heterocycles. The fraction of sp³-hybridized carbons (Fsp3) is 0.444. The lowest BCUT2D eigenvalue weighted by Crippen LogP contribution is -2.30. The van der Waals surface area contributed by atoms with E-state index in [0.29, 0.717) is 11.5 Å². The van der Waals surface area contributed by atoms with Crippen molar-refractivity contribution in [2.45, 2.75) is 69.4 Å². The number of fused-ring (bicyclic) bond motifs is 3. The molecule has 1 fully saturated rings. The molecule has 3 aromatic rings. The van der Waals surface area contributed by atoms with Crippen LogP contribution in [0, 0.1) is 0 Å². The Bertz CT molecular complexity index is 1490. The Morgan fingerprint density at radius 3 is 2.64 bits per heavy atom. The highest BCUT2D eigenvalue weighted by Crippen LogP contribution is 2.44. The van der Waals surface area contributed by atoms with Gasteiger partial charge in [0.2, 0.25) is 0 Å². The van der Waals surface area contributed by atoms with E-state index in [-0.39, 0.29) is 5.03 Å². The number of amides is 1. The standard InChI is InChI=1S/C27H33N5O3S/c1-4-20-22(28-2)11-8-14-32-23-15-19(27(33)30-36(34,35)24-16-31(3)17-29-24)12-13-21(23)25(26(20)32)18-9-6-5-7-10-18/h4,12-13,15-18H,5-11,14H2,1-3H3,(H,30,33)/b20-4+,28-22?. The molecule has 2 aromatic heterocycles. The van der Waals surface area contributed by atoms with E-state index < -0.39 is 15.9 Å². The minimum atomic E-state index is -4.06. The maximum absolute atomic E-state index is 13.1. The van der Waals surface area contributed by atoms with Crippen LogP contribution in [0.3, 0.4) is 0 Å². The smallest absolute Gasteiger partial charge is 0.283 e. The molecule has 36 heavy (non-hydrogen) atoms. The number of aliphatic imine (C=N–C) groups is 1. The number of benzene rings is 1. The van der Waals surface area contributed by atoms with Crippen molar-refractivity contribution in [3.8, 4) is 0 Å². The Morgan fingerprint density at radius 1 is 1.19 bits per heavy atom. The van der Waals surface area contributed by atoms with E-state index in [1.54, 1.807) is 13.1 Å². The summed E-state index contributed by atoms with van der Waals surface area (Å²) in [6.45, 7) is 2.89. The summed E-state index contributed by atoms with van der Waals surface area (Å²) >= 11 is 0. The molecule has 3 heterocycles. The van der Waals surface area contributed by atoms with E-state index in [9.17, 15) is 13.2 Å². The van der Waals surface area contributed by atoms with Gasteiger partial charge in [-0.25, -0.2) is 9.71 Å². The zero-order chi connectivity index (χ0) is 25.4. The lowest BCUT2D eigenvalue weighted by atomic mass is 9.81. The van der Waals surface area contributed by atoms with E-state index in [1.165, 1.54) is 53.2 Å². The van der Waals surface area contributed by atoms with Crippen LogP contribution >= 0.6 is 0 Å². The number of aromatic nitrogens is 3. The molecule has 8 nitrogen and oxygen atoms in total. The van der Waals surface area contributed by atoms with Gasteiger partial charge in [-0.3, -0.25) is 9.79 Å². The molecule has 1 amide bonds. The predicted octanol–water partition coefficient (Wildman–Crippen LogP) is 4.81. The second-order valence-electron chi connectivity index (χ2n) is 9.77. The van der Waals surface area contributed by atoms with Crippen molar-refractivity contribution < 1.29 is 13.2 Å². The molecule has 1 saturated carbocycles. The molecule has 5 rings (SSSR count). The SMILES string of the molecule is C/C=C1\C(=NC)CCCn2c1c(C1CCCCC1)c1ccc(C(=O)NS(=O)(=O)c3cn(C)cn3)cc12. The van der Waals surface area contributed by atoms with Crippen molar-refractivity contribution in [1.29, 1.82) is 0 Å². The van der Waals surface area contributed by atoms with E-state index in [1.807, 2.05) is 19.2 Å². The summed E-state index contributed by atoms with van der Waals surface area (Å²) in [6.07, 6.45) is 12.8. The lowest BCUT2D eigenvalue weighted by molar-refractivity contribution is 0.0981. The molecule has 2 aliphatic rings. The summed E-state index contributed by atoms with van der Waals surface area (Å²) in [6, 6.07) is 5.58. The molecule has 1 aromatic carbocycles. The average molecular weight is 508 g/mol. The number of hydrogen-bond acceptors (Lipinski definition) is 5. The zero-order valence-corrected chi connectivity index (χ0v) is 21.9. The van der Waals surface area contributed by atoms with Crippen LogP contribution in [0.1, 0.15) is 79.4 Å². The summed E-state index contributed by atoms with van der Waals surface area (Å²) in [5.41, 5.74) is 6.16. The maximum atomic E-state index is 13.1. The number of rotatable bonds is 4. The van der Waals surface area contributed by atoms with Crippen molar-refractivity contribution in [2.75, 3.05) is 7.05 Å². The molecule has 0 unspecified atom stereocenters. The van der Waals surface area contributed by atoms with Crippen molar-refractivity contribution >= 4 is 38.1 Å². The van der Waals surface area contributed by atoms with Crippen LogP contribution in [-0.4, -0.2) is 41.2 Å². The van der Waals surface area contributed by atoms with Gasteiger partial charge in [-0.1, -0.05) is 31.4 Å². The van der Waals surface area contributed by atoms with Crippen molar-refractivity contribution in [2.24, 2.45) is 12.0 Å². The number of carbonyl (C=O) groups is 1. The van der Waals surface area contributed by atoms with Crippen molar-refractivity contribution in [1.82, 2.24) is 18.8 Å². The van der Waals surface area contributed by atoms with Crippen LogP contribution in [0.2, 0.25) is 0 Å². The summed E-state index contributed by atoms with van der Waals surface area (Å²) in [5, 5.41) is 0.970. The molecule has 0 atom stereocenters. The first kappa shape index (κ1) is 24.5. The van der Waals surface area contributed by atoms with E-state index in [0.717, 1.165) is 48.8 Å². The number of carbonyl (C=O) groups excluding carboxylic acids is 1. The van der Waals surface area contributed by atoms with Crippen LogP contribution in [0.25, 0.3) is 16.5 Å². The monoisotopic (exact) mass is 507 g/mol. The van der Waals surface area contributed by atoms with Crippen molar-refractivity contribution in [3.05, 3.63) is 53.6 Å². The van der Waals surface area contributed by atoms with E-state index in [2.05, 4.69) is 32.3 Å². The van der Waals surface area contributed by atoms with Gasteiger partial charge in [-0.05, 0) is 56.2 Å². The molecule has 9 heteroatoms. The number of nitrogens with zero attached hydrogens (tertiary/aromatic N) is 4. The predicted molar refractivity (Wildman–Crippen MR) is 142 cm³/mol. The molecular weight excluding hydrogens is 474 g/mol. The Kier molecular flexibility index (Phi) is 6.59. The molecule has 0 radical (unpaired) electrons. The maximum Gasteiger partial charge on any atom is 0.283 e. The van der Waals surface area contributed by atoms with E-state index >= 15 is 0 Å². The number of sulfonamides is 1. The van der Waals surface area contributed by atoms with Gasteiger partial charge in [0.05, 0.1) is 12.0 Å². The van der Waals surface area contributed by atoms with Crippen LogP contribution in [0.15, 0.2) is 46.8 Å². The fourth-order valence-electron chi connectivity index (χ4n) is 5.82. The fourth-order valence-corrected chi connectivity index (χ4v) is 6.77. The normalized spacial score (nSPS) is 19.5. The third-order valence-corrected chi connectivity index (χ3v) is 8.70. The summed E-state index contributed by atoms with van der Waals surface area (Å²) in [4.78, 5) is 21.6. The zero-order valence-electron chi connectivity index (χ0n) is 21.1. The molecule has 190 valence electrons. The number of aryl methyl sites for hydroxylation is 2. The quantitative estimate of drug-likeness (QED) is 0.548. The Morgan fingerprint density at radius 2 is 1.97 bits per heavy atom. The van der Waals surface area contributed by atoms with Crippen LogP contribution < -0.4 is 4.72 Å². The van der Waals surface area contributed by atoms with Crippen molar-refractivity contribution in [3.63, 3.8) is 0 Å². The average Bonchev–Trinajstić information content (AvgIpc) is 3.40. The van der Waals surface area contributed by atoms with Gasteiger partial charge >= 0.3 is 0 Å². The van der Waals surface area contributed by atoms with Crippen LogP contribution in [0.4, 0.5) is 0 Å². The Balaban J connectivity index is 1.63. The summed E-state index contributed by atoms with van der Waals surface area (Å²) < 4.78 is 31.4. The van der Waals surface area contributed by atoms with Crippen LogP contribution in [-0.2, 0) is 23.6 Å². The molecule has 1 aliphatic heterocycles. The first-order valence-electron chi connectivity index (χ1n) is 12.7. The van der Waals surface area contributed by atoms with Gasteiger partial charge in [-0.15, -0.1) is 0 Å². The minimum Gasteiger partial charge on any atom is -0.340 e. The molecule has 1 N–H and O–H groups in total. The Labute approximate surface area is 212 Å². The molecule has 0 bridgehead atoms. The topological polar surface area (TPSA) is 98.4 Å². The second-order valence-corrected chi connectivity index (χ2v) is 11.4. The highest BCUT2D eigenvalue weighted by molar-refractivity contribution is 7.90. The molecule has 1 aliphatic carbocycles. The number of hydrogen-bond donors (Lipinski definition) is 1.